The predicted octanol–water partition coefficient (Wildman–Crippen LogP) is 2.49. The van der Waals surface area contributed by atoms with Gasteiger partial charge in [0.05, 0.1) is 23.1 Å². The molecule has 0 atom stereocenters. The summed E-state index contributed by atoms with van der Waals surface area (Å²) in [6.07, 6.45) is 3.06. The van der Waals surface area contributed by atoms with Crippen LogP contribution in [0.4, 0.5) is 0 Å². The van der Waals surface area contributed by atoms with E-state index in [0.717, 1.165) is 17.2 Å². The van der Waals surface area contributed by atoms with Crippen LogP contribution in [0, 0.1) is 0 Å². The van der Waals surface area contributed by atoms with Crippen LogP contribution in [-0.2, 0) is 21.6 Å². The number of hydrogen-bond donors (Lipinski definition) is 0. The molecule has 1 aromatic carbocycles. The molecule has 0 aliphatic heterocycles. The first kappa shape index (κ1) is 15.6. The third-order valence-corrected chi connectivity index (χ3v) is 4.63. The summed E-state index contributed by atoms with van der Waals surface area (Å²) in [5, 5.41) is 0.774. The van der Waals surface area contributed by atoms with Crippen LogP contribution >= 0.6 is 0 Å². The highest BCUT2D eigenvalue weighted by atomic mass is 32.2. The fraction of sp³-hybridized carbons (Fsp3) is 0.400. The van der Waals surface area contributed by atoms with Gasteiger partial charge in [-0.3, -0.25) is 0 Å². The smallest absolute Gasteiger partial charge is 0.340 e. The van der Waals surface area contributed by atoms with Gasteiger partial charge < -0.3 is 9.30 Å². The van der Waals surface area contributed by atoms with E-state index in [0.29, 0.717) is 5.52 Å². The van der Waals surface area contributed by atoms with Gasteiger partial charge in [0.25, 0.3) is 0 Å². The molecule has 1 aromatic heterocycles. The van der Waals surface area contributed by atoms with Crippen molar-refractivity contribution in [3.8, 4) is 0 Å². The summed E-state index contributed by atoms with van der Waals surface area (Å²) < 4.78 is 30.4. The van der Waals surface area contributed by atoms with Crippen molar-refractivity contribution >= 4 is 26.7 Å². The minimum atomic E-state index is -3.41. The summed E-state index contributed by atoms with van der Waals surface area (Å²) in [5.41, 5.74) is 1.96. The molecule has 0 N–H and O–H groups in total. The Morgan fingerprint density at radius 1 is 1.29 bits per heavy atom. The third kappa shape index (κ3) is 2.68. The van der Waals surface area contributed by atoms with Gasteiger partial charge in [0.2, 0.25) is 0 Å². The van der Waals surface area contributed by atoms with Crippen molar-refractivity contribution in [1.29, 1.82) is 0 Å². The van der Waals surface area contributed by atoms with Crippen LogP contribution < -0.4 is 0 Å². The quantitative estimate of drug-likeness (QED) is 0.817. The molecule has 6 heteroatoms. The summed E-state index contributed by atoms with van der Waals surface area (Å²) in [4.78, 5) is 12.1. The molecule has 0 saturated heterocycles. The molecule has 5 nitrogen and oxygen atoms in total. The largest absolute Gasteiger partial charge is 0.465 e. The second kappa shape index (κ2) is 5.18. The number of methoxy groups -OCH3 is 1. The first-order chi connectivity index (χ1) is 9.66. The Labute approximate surface area is 124 Å². The molecule has 0 aliphatic rings. The fourth-order valence-electron chi connectivity index (χ4n) is 2.49. The highest BCUT2D eigenvalue weighted by Crippen LogP contribution is 2.32. The van der Waals surface area contributed by atoms with E-state index in [9.17, 15) is 13.2 Å². The van der Waals surface area contributed by atoms with Crippen molar-refractivity contribution in [3.05, 3.63) is 29.5 Å². The minimum absolute atomic E-state index is 0.128. The lowest BCUT2D eigenvalue weighted by Crippen LogP contribution is -2.07. The zero-order chi connectivity index (χ0) is 15.9. The summed E-state index contributed by atoms with van der Waals surface area (Å²) >= 11 is 0. The highest BCUT2D eigenvalue weighted by Gasteiger charge is 2.21. The second-order valence-electron chi connectivity index (χ2n) is 5.48. The maximum absolute atomic E-state index is 12.0. The van der Waals surface area contributed by atoms with Crippen LogP contribution in [0.5, 0.6) is 0 Å². The Bertz CT molecular complexity index is 816. The molecule has 0 bridgehead atoms. The van der Waals surface area contributed by atoms with Crippen LogP contribution in [0.2, 0.25) is 0 Å². The molecule has 0 saturated carbocycles. The number of aryl methyl sites for hydroxylation is 1. The van der Waals surface area contributed by atoms with E-state index in [1.807, 2.05) is 31.7 Å². The zero-order valence-corrected chi connectivity index (χ0v) is 13.6. The fourth-order valence-corrected chi connectivity index (χ4v) is 3.15. The Morgan fingerprint density at radius 3 is 2.38 bits per heavy atom. The monoisotopic (exact) mass is 309 g/mol. The van der Waals surface area contributed by atoms with Gasteiger partial charge in [-0.15, -0.1) is 0 Å². The SMILES string of the molecule is COC(=O)c1cc(S(C)(=O)=O)cc2c(C(C)C)cn(C)c12. The van der Waals surface area contributed by atoms with E-state index in [4.69, 9.17) is 4.74 Å². The van der Waals surface area contributed by atoms with Crippen LogP contribution in [0.1, 0.15) is 35.7 Å². The topological polar surface area (TPSA) is 65.4 Å². The van der Waals surface area contributed by atoms with Gasteiger partial charge in [-0.25, -0.2) is 13.2 Å². The number of ether oxygens (including phenoxy) is 1. The van der Waals surface area contributed by atoms with Crippen molar-refractivity contribution in [3.63, 3.8) is 0 Å². The van der Waals surface area contributed by atoms with Gasteiger partial charge in [0, 0.05) is 24.9 Å². The number of carbonyl (C=O) groups is 1. The van der Waals surface area contributed by atoms with E-state index in [1.54, 1.807) is 6.07 Å². The lowest BCUT2D eigenvalue weighted by molar-refractivity contribution is 0.0602. The summed E-state index contributed by atoms with van der Waals surface area (Å²) in [6.45, 7) is 4.05. The van der Waals surface area contributed by atoms with Crippen molar-refractivity contribution < 1.29 is 17.9 Å². The lowest BCUT2D eigenvalue weighted by Gasteiger charge is -2.08. The van der Waals surface area contributed by atoms with Crippen molar-refractivity contribution in [1.82, 2.24) is 4.57 Å². The highest BCUT2D eigenvalue weighted by molar-refractivity contribution is 7.90. The molecule has 0 spiro atoms. The number of carbonyl (C=O) groups excluding carboxylic acids is 1. The average Bonchev–Trinajstić information content (AvgIpc) is 2.73. The molecule has 0 fully saturated rings. The normalized spacial score (nSPS) is 12.1. The molecule has 2 aromatic rings. The zero-order valence-electron chi connectivity index (χ0n) is 12.8. The molecule has 21 heavy (non-hydrogen) atoms. The van der Waals surface area contributed by atoms with Gasteiger partial charge in [-0.2, -0.15) is 0 Å². The molecule has 1 heterocycles. The third-order valence-electron chi connectivity index (χ3n) is 3.54. The molecule has 114 valence electrons. The number of nitrogens with zero attached hydrogens (tertiary/aromatic N) is 1. The minimum Gasteiger partial charge on any atom is -0.465 e. The number of sulfone groups is 1. The van der Waals surface area contributed by atoms with E-state index in [1.165, 1.54) is 13.2 Å². The molecule has 0 amide bonds. The van der Waals surface area contributed by atoms with Gasteiger partial charge in [0.1, 0.15) is 0 Å². The molecule has 2 rings (SSSR count). The predicted molar refractivity (Wildman–Crippen MR) is 81.5 cm³/mol. The van der Waals surface area contributed by atoms with Gasteiger partial charge in [-0.05, 0) is 23.6 Å². The van der Waals surface area contributed by atoms with Crippen molar-refractivity contribution in [2.24, 2.45) is 7.05 Å². The van der Waals surface area contributed by atoms with Crippen LogP contribution in [0.25, 0.3) is 10.9 Å². The molecule has 0 unspecified atom stereocenters. The van der Waals surface area contributed by atoms with Crippen LogP contribution in [-0.4, -0.2) is 32.3 Å². The Kier molecular flexibility index (Phi) is 3.84. The van der Waals surface area contributed by atoms with Gasteiger partial charge in [0.15, 0.2) is 9.84 Å². The van der Waals surface area contributed by atoms with E-state index < -0.39 is 15.8 Å². The Hall–Kier alpha value is -1.82. The molecule has 0 radical (unpaired) electrons. The lowest BCUT2D eigenvalue weighted by atomic mass is 10.0. The standard InChI is InChI=1S/C15H19NO4S/c1-9(2)13-8-16(3)14-11(13)6-10(21(5,18)19)7-12(14)15(17)20-4/h6-9H,1-5H3. The maximum Gasteiger partial charge on any atom is 0.340 e. The summed E-state index contributed by atoms with van der Waals surface area (Å²) in [5.74, 6) is -0.323. The number of aromatic nitrogens is 1. The summed E-state index contributed by atoms with van der Waals surface area (Å²) in [6, 6.07) is 3.01. The molecular formula is C15H19NO4S. The van der Waals surface area contributed by atoms with Crippen LogP contribution in [0.15, 0.2) is 23.2 Å². The second-order valence-corrected chi connectivity index (χ2v) is 7.50. The van der Waals surface area contributed by atoms with Gasteiger partial charge >= 0.3 is 5.97 Å². The first-order valence-corrected chi connectivity index (χ1v) is 8.47. The van der Waals surface area contributed by atoms with E-state index in [-0.39, 0.29) is 16.4 Å². The number of benzene rings is 1. The molecule has 0 aliphatic carbocycles. The van der Waals surface area contributed by atoms with Gasteiger partial charge in [-0.1, -0.05) is 13.8 Å². The average molecular weight is 309 g/mol. The van der Waals surface area contributed by atoms with E-state index >= 15 is 0 Å². The van der Waals surface area contributed by atoms with Crippen LogP contribution in [0.3, 0.4) is 0 Å². The first-order valence-electron chi connectivity index (χ1n) is 6.58. The van der Waals surface area contributed by atoms with E-state index in [2.05, 4.69) is 0 Å². The summed E-state index contributed by atoms with van der Waals surface area (Å²) in [7, 11) is -0.289. The number of hydrogen-bond acceptors (Lipinski definition) is 4. The Balaban J connectivity index is 2.96. The van der Waals surface area contributed by atoms with Crippen molar-refractivity contribution in [2.45, 2.75) is 24.7 Å². The number of esters is 1. The maximum atomic E-state index is 12.0. The number of rotatable bonds is 3. The Morgan fingerprint density at radius 2 is 1.90 bits per heavy atom. The number of fused-ring (bicyclic) bond motifs is 1. The molecular weight excluding hydrogens is 290 g/mol. The van der Waals surface area contributed by atoms with Crippen molar-refractivity contribution in [2.75, 3.05) is 13.4 Å².